The molecule has 1 aliphatic heterocycles. The van der Waals surface area contributed by atoms with Crippen molar-refractivity contribution in [2.24, 2.45) is 7.05 Å². The van der Waals surface area contributed by atoms with Crippen molar-refractivity contribution in [1.29, 1.82) is 0 Å². The lowest BCUT2D eigenvalue weighted by Crippen LogP contribution is -2.25. The number of fused-ring (bicyclic) bond motifs is 1. The minimum Gasteiger partial charge on any atom is -0.345 e. The van der Waals surface area contributed by atoms with Crippen LogP contribution in [0, 0.1) is 11.6 Å². The van der Waals surface area contributed by atoms with Crippen LogP contribution < -0.4 is 5.32 Å². The quantitative estimate of drug-likeness (QED) is 0.782. The molecule has 0 spiro atoms. The third-order valence-corrected chi connectivity index (χ3v) is 6.36. The predicted octanol–water partition coefficient (Wildman–Crippen LogP) is 2.43. The molecule has 0 atom stereocenters. The normalized spacial score (nSPS) is 16.8. The molecule has 140 valence electrons. The number of hydrogen-bond donors (Lipinski definition) is 1. The van der Waals surface area contributed by atoms with Gasteiger partial charge in [0.1, 0.15) is 22.4 Å². The van der Waals surface area contributed by atoms with E-state index in [-0.39, 0.29) is 22.2 Å². The van der Waals surface area contributed by atoms with Crippen LogP contribution in [0.4, 0.5) is 14.5 Å². The monoisotopic (exact) mass is 403 g/mol. The lowest BCUT2D eigenvalue weighted by molar-refractivity contribution is 0.101. The number of aromatic nitrogens is 1. The molecular formula is C16H16ClF2N3O3S. The summed E-state index contributed by atoms with van der Waals surface area (Å²) in [5, 5.41) is 1.61. The van der Waals surface area contributed by atoms with Crippen molar-refractivity contribution in [3.8, 4) is 0 Å². The van der Waals surface area contributed by atoms with Crippen LogP contribution in [0.5, 0.6) is 0 Å². The van der Waals surface area contributed by atoms with Gasteiger partial charge in [-0.2, -0.15) is 0 Å². The molecule has 2 heterocycles. The number of nitrogens with one attached hydrogen (secondary N) is 1. The molecular weight excluding hydrogens is 388 g/mol. The fourth-order valence-corrected chi connectivity index (χ4v) is 4.89. The van der Waals surface area contributed by atoms with E-state index in [4.69, 9.17) is 11.6 Å². The summed E-state index contributed by atoms with van der Waals surface area (Å²) in [6.45, 7) is 0.452. The van der Waals surface area contributed by atoms with Crippen molar-refractivity contribution in [3.63, 3.8) is 0 Å². The van der Waals surface area contributed by atoms with E-state index < -0.39 is 32.4 Å². The van der Waals surface area contributed by atoms with Crippen molar-refractivity contribution in [2.75, 3.05) is 24.8 Å². The van der Waals surface area contributed by atoms with Gasteiger partial charge < -0.3 is 9.88 Å². The number of likely N-dealkylation sites (N-methyl/N-ethyl adjacent to an activating group) is 1. The molecule has 1 aromatic heterocycles. The standard InChI is InChI=1S/C16H16ClF2N3O3S/c1-21-6-5-9-12(26(24,25)8-21)7-22(2)15(9)16(23)20-11-4-3-10(18)13(17)14(11)19/h3-4,7H,5-6,8H2,1-2H3,(H,20,23). The summed E-state index contributed by atoms with van der Waals surface area (Å²) in [5.41, 5.74) is 0.201. The second kappa shape index (κ2) is 6.64. The number of nitrogens with zero attached hydrogens (tertiary/aromatic N) is 2. The highest BCUT2D eigenvalue weighted by Gasteiger charge is 2.31. The van der Waals surface area contributed by atoms with Crippen LogP contribution in [0.1, 0.15) is 16.1 Å². The summed E-state index contributed by atoms with van der Waals surface area (Å²) >= 11 is 5.52. The Balaban J connectivity index is 2.02. The maximum atomic E-state index is 14.0. The Hall–Kier alpha value is -1.97. The topological polar surface area (TPSA) is 71.4 Å². The minimum atomic E-state index is -3.58. The molecule has 0 aliphatic carbocycles. The first-order valence-corrected chi connectivity index (χ1v) is 9.69. The Labute approximate surface area is 154 Å². The van der Waals surface area contributed by atoms with Crippen LogP contribution in [-0.2, 0) is 23.3 Å². The zero-order valence-corrected chi connectivity index (χ0v) is 15.6. The average molecular weight is 404 g/mol. The molecule has 10 heteroatoms. The van der Waals surface area contributed by atoms with Crippen molar-refractivity contribution < 1.29 is 22.0 Å². The molecule has 0 bridgehead atoms. The van der Waals surface area contributed by atoms with E-state index in [2.05, 4.69) is 5.32 Å². The number of carbonyl (C=O) groups is 1. The first kappa shape index (κ1) is 18.8. The van der Waals surface area contributed by atoms with Crippen molar-refractivity contribution >= 4 is 33.0 Å². The summed E-state index contributed by atoms with van der Waals surface area (Å²) in [4.78, 5) is 14.4. The smallest absolute Gasteiger partial charge is 0.272 e. The highest BCUT2D eigenvalue weighted by molar-refractivity contribution is 7.91. The molecule has 1 amide bonds. The Morgan fingerprint density at radius 3 is 2.65 bits per heavy atom. The van der Waals surface area contributed by atoms with Gasteiger partial charge in [-0.1, -0.05) is 11.6 Å². The lowest BCUT2D eigenvalue weighted by Gasteiger charge is -2.13. The van der Waals surface area contributed by atoms with Crippen molar-refractivity contribution in [3.05, 3.63) is 46.2 Å². The maximum Gasteiger partial charge on any atom is 0.272 e. The molecule has 0 unspecified atom stereocenters. The highest BCUT2D eigenvalue weighted by atomic mass is 35.5. The number of aryl methyl sites for hydroxylation is 1. The first-order chi connectivity index (χ1) is 12.1. The summed E-state index contributed by atoms with van der Waals surface area (Å²) in [6, 6.07) is 1.99. The molecule has 0 saturated carbocycles. The van der Waals surface area contributed by atoms with Gasteiger partial charge in [0, 0.05) is 25.4 Å². The van der Waals surface area contributed by atoms with E-state index in [0.717, 1.165) is 12.1 Å². The van der Waals surface area contributed by atoms with Gasteiger partial charge in [0.15, 0.2) is 15.7 Å². The summed E-state index contributed by atoms with van der Waals surface area (Å²) in [5.74, 6) is -2.88. The number of halogens is 3. The number of amides is 1. The van der Waals surface area contributed by atoms with Gasteiger partial charge in [0.05, 0.1) is 10.6 Å². The van der Waals surface area contributed by atoms with Gasteiger partial charge >= 0.3 is 0 Å². The molecule has 1 aliphatic rings. The van der Waals surface area contributed by atoms with E-state index >= 15 is 0 Å². The molecule has 1 N–H and O–H groups in total. The van der Waals surface area contributed by atoms with Gasteiger partial charge in [0.25, 0.3) is 5.91 Å². The summed E-state index contributed by atoms with van der Waals surface area (Å²) < 4.78 is 53.7. The minimum absolute atomic E-state index is 0.0899. The van der Waals surface area contributed by atoms with Crippen LogP contribution >= 0.6 is 11.6 Å². The third kappa shape index (κ3) is 3.22. The second-order valence-electron chi connectivity index (χ2n) is 6.18. The Morgan fingerprint density at radius 1 is 1.27 bits per heavy atom. The average Bonchev–Trinajstić information content (AvgIpc) is 2.85. The van der Waals surface area contributed by atoms with E-state index in [9.17, 15) is 22.0 Å². The molecule has 0 fully saturated rings. The second-order valence-corrected chi connectivity index (χ2v) is 8.49. The Kier molecular flexibility index (Phi) is 4.80. The first-order valence-electron chi connectivity index (χ1n) is 7.66. The van der Waals surface area contributed by atoms with Gasteiger partial charge in [-0.05, 0) is 25.6 Å². The highest BCUT2D eigenvalue weighted by Crippen LogP contribution is 2.29. The molecule has 0 saturated heterocycles. The number of hydrogen-bond acceptors (Lipinski definition) is 4. The fourth-order valence-electron chi connectivity index (χ4n) is 2.99. The Bertz CT molecular complexity index is 1000. The van der Waals surface area contributed by atoms with Crippen LogP contribution in [0.25, 0.3) is 0 Å². The van der Waals surface area contributed by atoms with E-state index in [1.54, 1.807) is 11.9 Å². The van der Waals surface area contributed by atoms with E-state index in [1.165, 1.54) is 17.8 Å². The molecule has 2 aromatic rings. The molecule has 3 rings (SSSR count). The maximum absolute atomic E-state index is 14.0. The van der Waals surface area contributed by atoms with Gasteiger partial charge in [0.2, 0.25) is 0 Å². The zero-order valence-electron chi connectivity index (χ0n) is 14.0. The van der Waals surface area contributed by atoms with Gasteiger partial charge in [-0.25, -0.2) is 17.2 Å². The number of anilines is 1. The third-order valence-electron chi connectivity index (χ3n) is 4.21. The molecule has 26 heavy (non-hydrogen) atoms. The van der Waals surface area contributed by atoms with Crippen LogP contribution in [-0.4, -0.2) is 43.3 Å². The SMILES string of the molecule is CN1CCc2c(cn(C)c2C(=O)Nc2ccc(F)c(Cl)c2F)S(=O)(=O)C1. The van der Waals surface area contributed by atoms with Crippen LogP contribution in [0.3, 0.4) is 0 Å². The van der Waals surface area contributed by atoms with Crippen molar-refractivity contribution in [2.45, 2.75) is 11.3 Å². The zero-order chi connectivity index (χ0) is 19.2. The number of benzene rings is 1. The molecule has 1 aromatic carbocycles. The van der Waals surface area contributed by atoms with Crippen molar-refractivity contribution in [1.82, 2.24) is 9.47 Å². The van der Waals surface area contributed by atoms with Crippen LogP contribution in [0.15, 0.2) is 23.2 Å². The lowest BCUT2D eigenvalue weighted by atomic mass is 10.1. The van der Waals surface area contributed by atoms with E-state index in [0.29, 0.717) is 18.5 Å². The fraction of sp³-hybridized carbons (Fsp3) is 0.312. The number of carbonyl (C=O) groups excluding carboxylic acids is 1. The molecule has 6 nitrogen and oxygen atoms in total. The predicted molar refractivity (Wildman–Crippen MR) is 93.1 cm³/mol. The molecule has 0 radical (unpaired) electrons. The largest absolute Gasteiger partial charge is 0.345 e. The summed E-state index contributed by atoms with van der Waals surface area (Å²) in [7, 11) is -0.358. The van der Waals surface area contributed by atoms with Gasteiger partial charge in [-0.15, -0.1) is 0 Å². The van der Waals surface area contributed by atoms with Crippen LogP contribution in [0.2, 0.25) is 5.02 Å². The Morgan fingerprint density at radius 2 is 1.96 bits per heavy atom. The van der Waals surface area contributed by atoms with E-state index in [1.807, 2.05) is 0 Å². The van der Waals surface area contributed by atoms with Gasteiger partial charge in [-0.3, -0.25) is 9.69 Å². The number of sulfone groups is 1. The number of rotatable bonds is 2. The summed E-state index contributed by atoms with van der Waals surface area (Å²) in [6.07, 6.45) is 1.73.